The van der Waals surface area contributed by atoms with Gasteiger partial charge in [-0.25, -0.2) is 4.79 Å². The minimum absolute atomic E-state index is 0.151. The van der Waals surface area contributed by atoms with Crippen LogP contribution in [0.5, 0.6) is 0 Å². The Bertz CT molecular complexity index is 896. The Labute approximate surface area is 242 Å². The lowest BCUT2D eigenvalue weighted by molar-refractivity contribution is -0.365. The highest BCUT2D eigenvalue weighted by Crippen LogP contribution is 2.53. The fourth-order valence-electron chi connectivity index (χ4n) is 5.99. The molecule has 4 atom stereocenters. The standard InChI is InChI=1S/C33H54O7/c1-7-8-9-10-11-12-13-14-15-19-22-32-25-37-31(5,6)40-33(32,29(35)39-30(2,3)4)28(27(23-34)38-32)36-24-26-20-17-16-18-21-26/h16-18,20-21,27-28,34H,7-15,19,22-25H2,1-6H3/t27-,28-,32+,33-/m1/s1. The third kappa shape index (κ3) is 8.28. The first-order chi connectivity index (χ1) is 19.0. The molecule has 0 bridgehead atoms. The lowest BCUT2D eigenvalue weighted by atomic mass is 9.75. The largest absolute Gasteiger partial charge is 0.458 e. The van der Waals surface area contributed by atoms with Crippen LogP contribution in [-0.4, -0.2) is 59.1 Å². The van der Waals surface area contributed by atoms with E-state index in [-0.39, 0.29) is 19.8 Å². The molecule has 228 valence electrons. The molecule has 7 heteroatoms. The number of carbonyl (C=O) groups excluding carboxylic acids is 1. The Morgan fingerprint density at radius 1 is 0.975 bits per heavy atom. The second-order valence-electron chi connectivity index (χ2n) is 13.0. The zero-order valence-electron chi connectivity index (χ0n) is 25.8. The van der Waals surface area contributed by atoms with Gasteiger partial charge in [0.1, 0.15) is 23.4 Å². The molecule has 0 saturated carbocycles. The van der Waals surface area contributed by atoms with Gasteiger partial charge in [0.15, 0.2) is 5.79 Å². The minimum atomic E-state index is -1.59. The fourth-order valence-corrected chi connectivity index (χ4v) is 5.99. The second-order valence-corrected chi connectivity index (χ2v) is 13.0. The summed E-state index contributed by atoms with van der Waals surface area (Å²) in [5.41, 5.74) is -2.53. The number of hydrogen-bond donors (Lipinski definition) is 1. The molecule has 1 aromatic carbocycles. The molecule has 0 amide bonds. The van der Waals surface area contributed by atoms with Crippen molar-refractivity contribution < 1.29 is 33.6 Å². The lowest BCUT2D eigenvalue weighted by Crippen LogP contribution is -2.72. The summed E-state index contributed by atoms with van der Waals surface area (Å²) >= 11 is 0. The van der Waals surface area contributed by atoms with Crippen molar-refractivity contribution in [3.05, 3.63) is 35.9 Å². The lowest BCUT2D eigenvalue weighted by Gasteiger charge is -2.52. The summed E-state index contributed by atoms with van der Waals surface area (Å²) < 4.78 is 31.8. The Hall–Kier alpha value is -1.51. The van der Waals surface area contributed by atoms with Crippen molar-refractivity contribution in [2.45, 2.75) is 154 Å². The first-order valence-corrected chi connectivity index (χ1v) is 15.5. The number of carbonyl (C=O) groups is 1. The number of aliphatic hydroxyl groups is 1. The van der Waals surface area contributed by atoms with Gasteiger partial charge < -0.3 is 28.8 Å². The molecule has 0 spiro atoms. The van der Waals surface area contributed by atoms with E-state index >= 15 is 0 Å². The summed E-state index contributed by atoms with van der Waals surface area (Å²) in [6, 6.07) is 9.77. The van der Waals surface area contributed by atoms with E-state index in [1.165, 1.54) is 44.9 Å². The van der Waals surface area contributed by atoms with Crippen LogP contribution in [0.3, 0.4) is 0 Å². The molecule has 2 fully saturated rings. The molecule has 0 aromatic heterocycles. The maximum atomic E-state index is 14.2. The van der Waals surface area contributed by atoms with Crippen molar-refractivity contribution in [3.63, 3.8) is 0 Å². The van der Waals surface area contributed by atoms with Gasteiger partial charge in [-0.05, 0) is 46.6 Å². The number of hydrogen-bond acceptors (Lipinski definition) is 7. The van der Waals surface area contributed by atoms with Gasteiger partial charge in [-0.15, -0.1) is 0 Å². The van der Waals surface area contributed by atoms with E-state index in [9.17, 15) is 9.90 Å². The predicted molar refractivity (Wildman–Crippen MR) is 156 cm³/mol. The molecule has 0 unspecified atom stereocenters. The summed E-state index contributed by atoms with van der Waals surface area (Å²) in [5, 5.41) is 10.4. The van der Waals surface area contributed by atoms with E-state index < -0.39 is 40.8 Å². The maximum Gasteiger partial charge on any atom is 0.345 e. The quantitative estimate of drug-likeness (QED) is 0.174. The number of esters is 1. The van der Waals surface area contributed by atoms with Gasteiger partial charge in [0.25, 0.3) is 0 Å². The van der Waals surface area contributed by atoms with Crippen LogP contribution >= 0.6 is 0 Å². The van der Waals surface area contributed by atoms with Crippen molar-refractivity contribution >= 4 is 5.97 Å². The Morgan fingerprint density at radius 3 is 2.15 bits per heavy atom. The van der Waals surface area contributed by atoms with E-state index in [2.05, 4.69) is 6.92 Å². The Balaban J connectivity index is 1.81. The molecule has 2 aliphatic rings. The highest BCUT2D eigenvalue weighted by atomic mass is 16.8. The zero-order chi connectivity index (χ0) is 29.3. The van der Waals surface area contributed by atoms with Crippen LogP contribution in [-0.2, 0) is 35.1 Å². The number of unbranched alkanes of at least 4 members (excludes halogenated alkanes) is 9. The average Bonchev–Trinajstić information content (AvgIpc) is 3.17. The van der Waals surface area contributed by atoms with Gasteiger partial charge in [-0.3, -0.25) is 0 Å². The van der Waals surface area contributed by atoms with Crippen molar-refractivity contribution in [1.29, 1.82) is 0 Å². The minimum Gasteiger partial charge on any atom is -0.458 e. The third-order valence-electron chi connectivity index (χ3n) is 7.94. The fraction of sp³-hybridized carbons (Fsp3) is 0.788. The molecule has 40 heavy (non-hydrogen) atoms. The van der Waals surface area contributed by atoms with Crippen LogP contribution in [0.2, 0.25) is 0 Å². The van der Waals surface area contributed by atoms with Crippen molar-refractivity contribution in [1.82, 2.24) is 0 Å². The van der Waals surface area contributed by atoms with Crippen molar-refractivity contribution in [2.75, 3.05) is 13.2 Å². The Kier molecular flexibility index (Phi) is 12.0. The molecule has 1 aromatic rings. The molecule has 0 radical (unpaired) electrons. The van der Waals surface area contributed by atoms with Gasteiger partial charge in [-0.2, -0.15) is 0 Å². The Morgan fingerprint density at radius 2 is 1.57 bits per heavy atom. The molecule has 1 N–H and O–H groups in total. The van der Waals surface area contributed by atoms with E-state index in [0.29, 0.717) is 6.42 Å². The normalized spacial score (nSPS) is 27.9. The molecule has 7 nitrogen and oxygen atoms in total. The van der Waals surface area contributed by atoms with Crippen LogP contribution in [0, 0.1) is 0 Å². The average molecular weight is 563 g/mol. The van der Waals surface area contributed by atoms with Crippen LogP contribution in [0.15, 0.2) is 30.3 Å². The smallest absolute Gasteiger partial charge is 0.345 e. The van der Waals surface area contributed by atoms with Crippen LogP contribution in [0.4, 0.5) is 0 Å². The predicted octanol–water partition coefficient (Wildman–Crippen LogP) is 6.88. The molecule has 0 aliphatic carbocycles. The van der Waals surface area contributed by atoms with Crippen LogP contribution < -0.4 is 0 Å². The van der Waals surface area contributed by atoms with Crippen molar-refractivity contribution in [3.8, 4) is 0 Å². The number of fused-ring (bicyclic) bond motifs is 1. The van der Waals surface area contributed by atoms with Gasteiger partial charge in [0.05, 0.1) is 19.8 Å². The van der Waals surface area contributed by atoms with Gasteiger partial charge >= 0.3 is 5.97 Å². The highest BCUT2D eigenvalue weighted by Gasteiger charge is 2.75. The molecule has 2 saturated heterocycles. The summed E-state index contributed by atoms with van der Waals surface area (Å²) in [4.78, 5) is 14.2. The number of aliphatic hydroxyl groups excluding tert-OH is 1. The molecule has 2 heterocycles. The SMILES string of the molecule is CCCCCCCCCCCC[C@]12COC(C)(C)O[C@@]1(C(=O)OC(C)(C)C)[C@H](OCc1ccccc1)[C@@H](CO)O2. The summed E-state index contributed by atoms with van der Waals surface area (Å²) in [5.74, 6) is -1.60. The highest BCUT2D eigenvalue weighted by molar-refractivity contribution is 5.84. The maximum absolute atomic E-state index is 14.2. The van der Waals surface area contributed by atoms with Gasteiger partial charge in [-0.1, -0.05) is 101 Å². The summed E-state index contributed by atoms with van der Waals surface area (Å²) in [7, 11) is 0. The molecule has 3 rings (SSSR count). The monoisotopic (exact) mass is 562 g/mol. The summed E-state index contributed by atoms with van der Waals surface area (Å²) in [6.07, 6.45) is 10.9. The van der Waals surface area contributed by atoms with E-state index in [4.69, 9.17) is 23.7 Å². The second kappa shape index (κ2) is 14.6. The topological polar surface area (TPSA) is 83.5 Å². The third-order valence-corrected chi connectivity index (χ3v) is 7.94. The van der Waals surface area contributed by atoms with E-state index in [1.807, 2.05) is 51.1 Å². The number of ether oxygens (including phenoxy) is 5. The first-order valence-electron chi connectivity index (χ1n) is 15.5. The zero-order valence-corrected chi connectivity index (χ0v) is 25.8. The van der Waals surface area contributed by atoms with Crippen LogP contribution in [0.1, 0.15) is 118 Å². The summed E-state index contributed by atoms with van der Waals surface area (Å²) in [6.45, 7) is 11.4. The molecular weight excluding hydrogens is 508 g/mol. The number of benzene rings is 1. The van der Waals surface area contributed by atoms with E-state index in [0.717, 1.165) is 24.8 Å². The van der Waals surface area contributed by atoms with Gasteiger partial charge in [0.2, 0.25) is 5.60 Å². The first kappa shape index (κ1) is 33.0. The van der Waals surface area contributed by atoms with Gasteiger partial charge in [0, 0.05) is 0 Å². The van der Waals surface area contributed by atoms with Crippen molar-refractivity contribution in [2.24, 2.45) is 0 Å². The molecule has 2 aliphatic heterocycles. The van der Waals surface area contributed by atoms with E-state index in [1.54, 1.807) is 13.8 Å². The number of rotatable bonds is 16. The van der Waals surface area contributed by atoms with Crippen LogP contribution in [0.25, 0.3) is 0 Å². The molecular formula is C33H54O7.